The second-order valence-electron chi connectivity index (χ2n) is 4.26. The fourth-order valence-electron chi connectivity index (χ4n) is 1.82. The molecule has 1 aromatic rings. The van der Waals surface area contributed by atoms with E-state index in [2.05, 4.69) is 17.2 Å². The third-order valence-electron chi connectivity index (χ3n) is 2.89. The van der Waals surface area contributed by atoms with Crippen molar-refractivity contribution in [2.45, 2.75) is 27.3 Å². The van der Waals surface area contributed by atoms with Crippen LogP contribution in [0.1, 0.15) is 35.7 Å². The Bertz CT molecular complexity index is 404. The molecule has 108 valence electrons. The zero-order valence-electron chi connectivity index (χ0n) is 11.9. The maximum atomic E-state index is 11.5. The van der Waals surface area contributed by atoms with Crippen LogP contribution in [0.25, 0.3) is 0 Å². The van der Waals surface area contributed by atoms with E-state index in [9.17, 15) is 4.79 Å². The van der Waals surface area contributed by atoms with Crippen LogP contribution in [0.15, 0.2) is 10.5 Å². The number of rotatable bonds is 8. The number of carbonyl (C=O) groups is 1. The Hall–Kier alpha value is -1.37. The van der Waals surface area contributed by atoms with Crippen molar-refractivity contribution in [1.82, 2.24) is 10.3 Å². The summed E-state index contributed by atoms with van der Waals surface area (Å²) < 4.78 is 10.9. The van der Waals surface area contributed by atoms with Gasteiger partial charge in [-0.1, -0.05) is 6.92 Å². The predicted octanol–water partition coefficient (Wildman–Crippen LogP) is 1.05. The molecule has 0 saturated carbocycles. The molecule has 6 heteroatoms. The molecule has 0 aliphatic rings. The third-order valence-corrected chi connectivity index (χ3v) is 2.89. The van der Waals surface area contributed by atoms with Gasteiger partial charge >= 0.3 is 5.91 Å². The minimum atomic E-state index is -0.402. The van der Waals surface area contributed by atoms with Crippen molar-refractivity contribution in [3.05, 3.63) is 23.2 Å². The number of hydrogen-bond donors (Lipinski definition) is 2. The first kappa shape index (κ1) is 15.7. The number of nitrogens with two attached hydrogens (primary N) is 1. The van der Waals surface area contributed by atoms with E-state index in [1.807, 2.05) is 19.9 Å². The molecule has 1 aromatic heterocycles. The molecule has 0 aromatic carbocycles. The van der Waals surface area contributed by atoms with Crippen LogP contribution in [0.4, 0.5) is 0 Å². The highest BCUT2D eigenvalue weighted by atomic mass is 16.5. The molecule has 1 amide bonds. The number of carbonyl (C=O) groups excluding carboxylic acids is 1. The van der Waals surface area contributed by atoms with Crippen molar-refractivity contribution in [3.8, 4) is 0 Å². The normalized spacial score (nSPS) is 11.0. The summed E-state index contributed by atoms with van der Waals surface area (Å²) in [5, 5.41) is 0. The lowest BCUT2D eigenvalue weighted by Gasteiger charge is -2.18. The Kier molecular flexibility index (Phi) is 6.55. The van der Waals surface area contributed by atoms with E-state index in [4.69, 9.17) is 15.0 Å². The topological polar surface area (TPSA) is 80.7 Å². The minimum Gasteiger partial charge on any atom is -0.454 e. The summed E-state index contributed by atoms with van der Waals surface area (Å²) in [5.41, 5.74) is 2.87. The number of amides is 1. The summed E-state index contributed by atoms with van der Waals surface area (Å²) in [6.07, 6.45) is 0. The van der Waals surface area contributed by atoms with Crippen molar-refractivity contribution in [3.63, 3.8) is 0 Å². The summed E-state index contributed by atoms with van der Waals surface area (Å²) >= 11 is 0. The number of nitrogen functional groups attached to an aromatic ring is 1. The van der Waals surface area contributed by atoms with Crippen LogP contribution >= 0.6 is 0 Å². The van der Waals surface area contributed by atoms with Crippen LogP contribution in [-0.2, 0) is 11.3 Å². The van der Waals surface area contributed by atoms with Gasteiger partial charge in [-0.2, -0.15) is 0 Å². The number of nitrogens with one attached hydrogen (secondary N) is 1. The van der Waals surface area contributed by atoms with Gasteiger partial charge in [0, 0.05) is 18.7 Å². The van der Waals surface area contributed by atoms with Crippen LogP contribution in [0.3, 0.4) is 0 Å². The fraction of sp³-hybridized carbons (Fsp3) is 0.615. The Morgan fingerprint density at radius 1 is 1.53 bits per heavy atom. The number of likely N-dealkylation sites (N-methyl/N-ethyl adjacent to an activating group) is 1. The van der Waals surface area contributed by atoms with E-state index in [0.717, 1.165) is 31.0 Å². The van der Waals surface area contributed by atoms with E-state index in [0.29, 0.717) is 13.2 Å². The van der Waals surface area contributed by atoms with E-state index in [-0.39, 0.29) is 5.76 Å². The zero-order valence-corrected chi connectivity index (χ0v) is 11.9. The summed E-state index contributed by atoms with van der Waals surface area (Å²) in [7, 11) is 0. The first-order valence-electron chi connectivity index (χ1n) is 6.52. The highest BCUT2D eigenvalue weighted by Crippen LogP contribution is 2.16. The van der Waals surface area contributed by atoms with Gasteiger partial charge < -0.3 is 9.15 Å². The molecule has 1 rings (SSSR count). The highest BCUT2D eigenvalue weighted by molar-refractivity contribution is 5.92. The molecule has 0 aliphatic heterocycles. The first-order chi connectivity index (χ1) is 9.12. The number of furan rings is 1. The molecule has 6 nitrogen and oxygen atoms in total. The van der Waals surface area contributed by atoms with Crippen LogP contribution in [0.5, 0.6) is 0 Å². The smallest absolute Gasteiger partial charge is 0.301 e. The Balaban J connectivity index is 2.62. The van der Waals surface area contributed by atoms with Gasteiger partial charge in [0.2, 0.25) is 0 Å². The molecular formula is C13H23N3O3. The van der Waals surface area contributed by atoms with Crippen molar-refractivity contribution in [2.75, 3.05) is 26.3 Å². The molecule has 3 N–H and O–H groups in total. The summed E-state index contributed by atoms with van der Waals surface area (Å²) in [5.74, 6) is 5.74. The van der Waals surface area contributed by atoms with Crippen LogP contribution in [0, 0.1) is 6.92 Å². The lowest BCUT2D eigenvalue weighted by atomic mass is 10.2. The largest absolute Gasteiger partial charge is 0.454 e. The Morgan fingerprint density at radius 3 is 2.84 bits per heavy atom. The van der Waals surface area contributed by atoms with E-state index in [1.54, 1.807) is 0 Å². The van der Waals surface area contributed by atoms with E-state index < -0.39 is 5.91 Å². The van der Waals surface area contributed by atoms with Gasteiger partial charge in [-0.3, -0.25) is 15.1 Å². The number of nitrogens with zero attached hydrogens (tertiary/aromatic N) is 1. The number of aryl methyl sites for hydroxylation is 1. The molecule has 0 saturated heterocycles. The summed E-state index contributed by atoms with van der Waals surface area (Å²) in [4.78, 5) is 13.6. The highest BCUT2D eigenvalue weighted by Gasteiger charge is 2.16. The zero-order chi connectivity index (χ0) is 14.3. The average Bonchev–Trinajstić information content (AvgIpc) is 2.77. The molecule has 19 heavy (non-hydrogen) atoms. The Labute approximate surface area is 113 Å². The average molecular weight is 269 g/mol. The first-order valence-corrected chi connectivity index (χ1v) is 6.52. The molecule has 0 unspecified atom stereocenters. The summed E-state index contributed by atoms with van der Waals surface area (Å²) in [6, 6.07) is 1.87. The van der Waals surface area contributed by atoms with Gasteiger partial charge in [-0.05, 0) is 26.5 Å². The second-order valence-corrected chi connectivity index (χ2v) is 4.26. The van der Waals surface area contributed by atoms with Gasteiger partial charge in [0.1, 0.15) is 5.76 Å². The SMILES string of the molecule is CCOCCN(CC)Cc1cc(C)c(C(=O)NN)o1. The number of hydrazine groups is 1. The third kappa shape index (κ3) is 4.66. The maximum absolute atomic E-state index is 11.5. The van der Waals surface area contributed by atoms with Crippen molar-refractivity contribution in [2.24, 2.45) is 5.84 Å². The molecule has 0 radical (unpaired) electrons. The number of hydrogen-bond acceptors (Lipinski definition) is 5. The van der Waals surface area contributed by atoms with Crippen molar-refractivity contribution in [1.29, 1.82) is 0 Å². The quantitative estimate of drug-likeness (QED) is 0.319. The monoisotopic (exact) mass is 269 g/mol. The molecular weight excluding hydrogens is 246 g/mol. The van der Waals surface area contributed by atoms with E-state index in [1.165, 1.54) is 0 Å². The predicted molar refractivity (Wildman–Crippen MR) is 72.5 cm³/mol. The van der Waals surface area contributed by atoms with Gasteiger partial charge in [0.15, 0.2) is 5.76 Å². The second kappa shape index (κ2) is 7.93. The van der Waals surface area contributed by atoms with Gasteiger partial charge in [-0.25, -0.2) is 5.84 Å². The molecule has 0 bridgehead atoms. The standard InChI is InChI=1S/C13H23N3O3/c1-4-16(6-7-18-5-2)9-11-8-10(3)12(19-11)13(17)15-14/h8H,4-7,9,14H2,1-3H3,(H,15,17). The van der Waals surface area contributed by atoms with Crippen molar-refractivity contribution < 1.29 is 13.9 Å². The fourth-order valence-corrected chi connectivity index (χ4v) is 1.82. The molecule has 1 heterocycles. The lowest BCUT2D eigenvalue weighted by Crippen LogP contribution is -2.30. The van der Waals surface area contributed by atoms with Crippen molar-refractivity contribution >= 4 is 5.91 Å². The maximum Gasteiger partial charge on any atom is 0.301 e. The molecule has 0 atom stereocenters. The molecule has 0 spiro atoms. The van der Waals surface area contributed by atoms with Gasteiger partial charge in [0.05, 0.1) is 13.2 Å². The van der Waals surface area contributed by atoms with Crippen LogP contribution in [0.2, 0.25) is 0 Å². The van der Waals surface area contributed by atoms with Gasteiger partial charge in [0.25, 0.3) is 0 Å². The lowest BCUT2D eigenvalue weighted by molar-refractivity contribution is 0.0915. The van der Waals surface area contributed by atoms with E-state index >= 15 is 0 Å². The summed E-state index contributed by atoms with van der Waals surface area (Å²) in [6.45, 7) is 9.68. The van der Waals surface area contributed by atoms with Crippen LogP contribution in [-0.4, -0.2) is 37.1 Å². The van der Waals surface area contributed by atoms with Gasteiger partial charge in [-0.15, -0.1) is 0 Å². The Morgan fingerprint density at radius 2 is 2.26 bits per heavy atom. The molecule has 0 fully saturated rings. The molecule has 0 aliphatic carbocycles. The number of ether oxygens (including phenoxy) is 1. The van der Waals surface area contributed by atoms with Crippen LogP contribution < -0.4 is 11.3 Å². The minimum absolute atomic E-state index is 0.276.